The van der Waals surface area contributed by atoms with Crippen LogP contribution >= 0.6 is 0 Å². The molecule has 106 valence electrons. The summed E-state index contributed by atoms with van der Waals surface area (Å²) in [4.78, 5) is 0. The molecular weight excluding hydrogens is 252 g/mol. The molecule has 1 aliphatic rings. The highest BCUT2D eigenvalue weighted by molar-refractivity contribution is 5.40. The number of nitrogens with two attached hydrogens (primary N) is 1. The average molecular weight is 272 g/mol. The highest BCUT2D eigenvalue weighted by Gasteiger charge is 2.26. The third-order valence-corrected chi connectivity index (χ3v) is 3.94. The van der Waals surface area contributed by atoms with Gasteiger partial charge in [-0.1, -0.05) is 11.3 Å². The average Bonchev–Trinajstić information content (AvgIpc) is 3.09. The fraction of sp³-hybridized carbons (Fsp3) is 0.467. The van der Waals surface area contributed by atoms with Gasteiger partial charge in [-0.05, 0) is 49.9 Å². The van der Waals surface area contributed by atoms with Crippen LogP contribution in [-0.4, -0.2) is 21.6 Å². The van der Waals surface area contributed by atoms with Crippen molar-refractivity contribution in [3.8, 4) is 5.69 Å². The van der Waals surface area contributed by atoms with E-state index in [9.17, 15) is 0 Å². The SMILES string of the molecule is Cc1ccc(-n2nnc(CN)c2C2CCCO2)cc1C. The van der Waals surface area contributed by atoms with Crippen molar-refractivity contribution in [2.45, 2.75) is 39.3 Å². The summed E-state index contributed by atoms with van der Waals surface area (Å²) in [6.07, 6.45) is 2.14. The zero-order chi connectivity index (χ0) is 14.1. The fourth-order valence-electron chi connectivity index (χ4n) is 2.63. The molecule has 1 saturated heterocycles. The van der Waals surface area contributed by atoms with Crippen LogP contribution in [0.1, 0.15) is 41.5 Å². The molecule has 5 heteroatoms. The van der Waals surface area contributed by atoms with Crippen LogP contribution in [0.4, 0.5) is 0 Å². The van der Waals surface area contributed by atoms with Gasteiger partial charge in [0.2, 0.25) is 0 Å². The van der Waals surface area contributed by atoms with Crippen LogP contribution in [0.2, 0.25) is 0 Å². The van der Waals surface area contributed by atoms with Gasteiger partial charge in [0, 0.05) is 13.2 Å². The normalized spacial score (nSPS) is 18.6. The Morgan fingerprint density at radius 3 is 2.85 bits per heavy atom. The van der Waals surface area contributed by atoms with E-state index in [0.29, 0.717) is 6.54 Å². The summed E-state index contributed by atoms with van der Waals surface area (Å²) >= 11 is 0. The zero-order valence-electron chi connectivity index (χ0n) is 12.0. The smallest absolute Gasteiger partial charge is 0.103 e. The molecule has 5 nitrogen and oxygen atoms in total. The molecule has 1 unspecified atom stereocenters. The molecule has 0 aliphatic carbocycles. The predicted octanol–water partition coefficient (Wildman–Crippen LogP) is 2.19. The Labute approximate surface area is 118 Å². The lowest BCUT2D eigenvalue weighted by Crippen LogP contribution is -2.11. The van der Waals surface area contributed by atoms with E-state index in [-0.39, 0.29) is 6.10 Å². The van der Waals surface area contributed by atoms with E-state index in [0.717, 1.165) is 36.5 Å². The quantitative estimate of drug-likeness (QED) is 0.930. The first-order valence-electron chi connectivity index (χ1n) is 7.04. The van der Waals surface area contributed by atoms with Crippen LogP contribution in [0.15, 0.2) is 18.2 Å². The highest BCUT2D eigenvalue weighted by atomic mass is 16.5. The van der Waals surface area contributed by atoms with Gasteiger partial charge in [-0.3, -0.25) is 0 Å². The molecule has 1 aromatic heterocycles. The van der Waals surface area contributed by atoms with Crippen molar-refractivity contribution in [1.29, 1.82) is 0 Å². The van der Waals surface area contributed by atoms with Crippen LogP contribution in [-0.2, 0) is 11.3 Å². The molecule has 1 fully saturated rings. The molecule has 0 radical (unpaired) electrons. The molecule has 0 bridgehead atoms. The summed E-state index contributed by atoms with van der Waals surface area (Å²) < 4.78 is 7.68. The van der Waals surface area contributed by atoms with Crippen molar-refractivity contribution in [3.63, 3.8) is 0 Å². The molecule has 2 heterocycles. The molecule has 20 heavy (non-hydrogen) atoms. The number of hydrogen-bond donors (Lipinski definition) is 1. The number of ether oxygens (including phenoxy) is 1. The van der Waals surface area contributed by atoms with Crippen LogP contribution in [0.25, 0.3) is 5.69 Å². The minimum absolute atomic E-state index is 0.0603. The second kappa shape index (κ2) is 5.34. The van der Waals surface area contributed by atoms with Gasteiger partial charge < -0.3 is 10.5 Å². The molecule has 0 amide bonds. The predicted molar refractivity (Wildman–Crippen MR) is 76.7 cm³/mol. The monoisotopic (exact) mass is 272 g/mol. The lowest BCUT2D eigenvalue weighted by Gasteiger charge is -2.14. The van der Waals surface area contributed by atoms with Crippen molar-refractivity contribution in [3.05, 3.63) is 40.7 Å². The van der Waals surface area contributed by atoms with Crippen molar-refractivity contribution >= 4 is 0 Å². The van der Waals surface area contributed by atoms with E-state index in [4.69, 9.17) is 10.5 Å². The maximum Gasteiger partial charge on any atom is 0.103 e. The van der Waals surface area contributed by atoms with Gasteiger partial charge in [0.05, 0.1) is 11.4 Å². The van der Waals surface area contributed by atoms with Crippen molar-refractivity contribution in [1.82, 2.24) is 15.0 Å². The van der Waals surface area contributed by atoms with Gasteiger partial charge in [-0.2, -0.15) is 0 Å². The van der Waals surface area contributed by atoms with E-state index >= 15 is 0 Å². The van der Waals surface area contributed by atoms with Crippen LogP contribution in [0.5, 0.6) is 0 Å². The largest absolute Gasteiger partial charge is 0.372 e. The fourth-order valence-corrected chi connectivity index (χ4v) is 2.63. The number of benzene rings is 1. The molecule has 1 atom stereocenters. The Hall–Kier alpha value is -1.72. The second-order valence-corrected chi connectivity index (χ2v) is 5.31. The molecule has 0 spiro atoms. The van der Waals surface area contributed by atoms with E-state index in [1.807, 2.05) is 4.68 Å². The first-order valence-corrected chi connectivity index (χ1v) is 7.04. The summed E-state index contributed by atoms with van der Waals surface area (Å²) in [5, 5.41) is 8.49. The van der Waals surface area contributed by atoms with Gasteiger partial charge in [0.25, 0.3) is 0 Å². The molecule has 1 aliphatic heterocycles. The Morgan fingerprint density at radius 2 is 2.20 bits per heavy atom. The second-order valence-electron chi connectivity index (χ2n) is 5.31. The highest BCUT2D eigenvalue weighted by Crippen LogP contribution is 2.31. The summed E-state index contributed by atoms with van der Waals surface area (Å²) in [5.74, 6) is 0. The van der Waals surface area contributed by atoms with Gasteiger partial charge in [0.15, 0.2) is 0 Å². The number of aromatic nitrogens is 3. The Morgan fingerprint density at radius 1 is 1.35 bits per heavy atom. The minimum atomic E-state index is 0.0603. The lowest BCUT2D eigenvalue weighted by atomic mass is 10.1. The van der Waals surface area contributed by atoms with E-state index in [2.05, 4.69) is 42.4 Å². The van der Waals surface area contributed by atoms with Crippen molar-refractivity contribution in [2.75, 3.05) is 6.61 Å². The topological polar surface area (TPSA) is 66.0 Å². The third kappa shape index (κ3) is 2.23. The minimum Gasteiger partial charge on any atom is -0.372 e. The Kier molecular flexibility index (Phi) is 3.54. The zero-order valence-corrected chi connectivity index (χ0v) is 12.0. The van der Waals surface area contributed by atoms with E-state index in [1.165, 1.54) is 11.1 Å². The van der Waals surface area contributed by atoms with E-state index < -0.39 is 0 Å². The standard InChI is InChI=1S/C15H20N4O/c1-10-5-6-12(8-11(10)2)19-15(13(9-16)17-18-19)14-4-3-7-20-14/h5-6,8,14H,3-4,7,9,16H2,1-2H3. The molecule has 0 saturated carbocycles. The maximum atomic E-state index is 5.80. The number of rotatable bonds is 3. The van der Waals surface area contributed by atoms with E-state index in [1.54, 1.807) is 0 Å². The Bertz CT molecular complexity index is 614. The van der Waals surface area contributed by atoms with Gasteiger partial charge in [-0.25, -0.2) is 4.68 Å². The summed E-state index contributed by atoms with van der Waals surface area (Å²) in [6.45, 7) is 5.39. The number of hydrogen-bond acceptors (Lipinski definition) is 4. The van der Waals surface area contributed by atoms with Gasteiger partial charge >= 0.3 is 0 Å². The lowest BCUT2D eigenvalue weighted by molar-refractivity contribution is 0.106. The summed E-state index contributed by atoms with van der Waals surface area (Å²) in [6, 6.07) is 6.30. The van der Waals surface area contributed by atoms with Crippen molar-refractivity contribution < 1.29 is 4.74 Å². The number of nitrogens with zero attached hydrogens (tertiary/aromatic N) is 3. The summed E-state index contributed by atoms with van der Waals surface area (Å²) in [5.41, 5.74) is 11.2. The van der Waals surface area contributed by atoms with Crippen LogP contribution in [0.3, 0.4) is 0 Å². The third-order valence-electron chi connectivity index (χ3n) is 3.94. The van der Waals surface area contributed by atoms with Crippen LogP contribution < -0.4 is 5.73 Å². The van der Waals surface area contributed by atoms with Crippen LogP contribution in [0, 0.1) is 13.8 Å². The first kappa shape index (κ1) is 13.3. The molecular formula is C15H20N4O. The summed E-state index contributed by atoms with van der Waals surface area (Å²) in [7, 11) is 0. The molecule has 1 aromatic carbocycles. The van der Waals surface area contributed by atoms with Gasteiger partial charge in [0.1, 0.15) is 11.8 Å². The molecule has 2 aromatic rings. The first-order chi connectivity index (χ1) is 9.70. The Balaban J connectivity index is 2.08. The number of aryl methyl sites for hydroxylation is 2. The maximum absolute atomic E-state index is 5.80. The molecule has 2 N–H and O–H groups in total. The molecule has 3 rings (SSSR count). The van der Waals surface area contributed by atoms with Crippen molar-refractivity contribution in [2.24, 2.45) is 5.73 Å². The van der Waals surface area contributed by atoms with Gasteiger partial charge in [-0.15, -0.1) is 5.10 Å².